The maximum absolute atomic E-state index is 13.7. The number of Topliss-reactive ketones (excluding diaryl/α,β-unsaturated/α-hetero) is 1. The molecule has 0 radical (unpaired) electrons. The van der Waals surface area contributed by atoms with Crippen LogP contribution in [0.5, 0.6) is 5.75 Å². The van der Waals surface area contributed by atoms with Crippen molar-refractivity contribution in [2.24, 2.45) is 17.8 Å². The lowest BCUT2D eigenvalue weighted by atomic mass is 9.59. The van der Waals surface area contributed by atoms with E-state index in [4.69, 9.17) is 0 Å². The second-order valence-electron chi connectivity index (χ2n) is 9.66. The molecule has 4 atom stereocenters. The number of hydrogen-bond donors (Lipinski definition) is 1. The monoisotopic (exact) mass is 485 g/mol. The van der Waals surface area contributed by atoms with E-state index in [-0.39, 0.29) is 48.0 Å². The molecule has 1 aromatic carbocycles. The molecule has 6 rings (SSSR count). The molecule has 1 N–H and O–H groups in total. The fraction of sp³-hybridized carbons (Fsp3) is 0.286. The molecule has 1 aliphatic heterocycles. The third-order valence-electron chi connectivity index (χ3n) is 7.77. The molecular formula is C28H23NO5S. The van der Waals surface area contributed by atoms with Crippen LogP contribution in [0.4, 0.5) is 0 Å². The number of fused-ring (bicyclic) bond motifs is 3. The summed E-state index contributed by atoms with van der Waals surface area (Å²) in [5.74, 6) is -2.43. The Kier molecular flexibility index (Phi) is 5.00. The predicted octanol–water partition coefficient (Wildman–Crippen LogP) is 4.08. The van der Waals surface area contributed by atoms with Gasteiger partial charge in [-0.2, -0.15) is 0 Å². The molecule has 2 heterocycles. The minimum atomic E-state index is -0.551. The van der Waals surface area contributed by atoms with Crippen LogP contribution in [0.1, 0.15) is 36.1 Å². The van der Waals surface area contributed by atoms with E-state index in [0.29, 0.717) is 23.1 Å². The lowest BCUT2D eigenvalue weighted by Gasteiger charge is -2.42. The fourth-order valence-electron chi connectivity index (χ4n) is 6.21. The number of amides is 2. The van der Waals surface area contributed by atoms with Gasteiger partial charge in [-0.05, 0) is 60.9 Å². The summed E-state index contributed by atoms with van der Waals surface area (Å²) >= 11 is 1.51. The van der Waals surface area contributed by atoms with Gasteiger partial charge in [0.15, 0.2) is 11.6 Å². The number of benzene rings is 1. The summed E-state index contributed by atoms with van der Waals surface area (Å²) in [5.41, 5.74) is 3.01. The number of thiophene rings is 1. The molecule has 6 nitrogen and oxygen atoms in total. The molecule has 0 bridgehead atoms. The van der Waals surface area contributed by atoms with E-state index in [1.807, 2.05) is 23.6 Å². The minimum absolute atomic E-state index is 0.107. The molecule has 4 aliphatic rings. The van der Waals surface area contributed by atoms with Crippen LogP contribution in [0, 0.1) is 17.8 Å². The van der Waals surface area contributed by atoms with E-state index in [2.05, 4.69) is 0 Å². The average molecular weight is 486 g/mol. The first-order valence-corrected chi connectivity index (χ1v) is 12.6. The van der Waals surface area contributed by atoms with Crippen LogP contribution in [0.25, 0.3) is 0 Å². The Bertz CT molecular complexity index is 1380. The number of allylic oxidation sites excluding steroid dienone is 6. The van der Waals surface area contributed by atoms with Crippen LogP contribution < -0.4 is 0 Å². The number of phenolic OH excluding ortho intramolecular Hbond substituents is 1. The highest BCUT2D eigenvalue weighted by atomic mass is 32.1. The van der Waals surface area contributed by atoms with E-state index in [0.717, 1.165) is 16.0 Å². The third kappa shape index (κ3) is 3.29. The second-order valence-corrected chi connectivity index (χ2v) is 10.7. The maximum Gasteiger partial charge on any atom is 0.234 e. The average Bonchev–Trinajstić information content (AvgIpc) is 3.45. The Hall–Kier alpha value is -3.58. The SMILES string of the molecule is CC1=CC(=O)C2=C(C[C@@H]3C(=CC[C@@H]4C(=O)N(Cc5cccs5)C(=O)[C@@H]43)[C@@H]2c2ccc(O)cc2)C1=O. The quantitative estimate of drug-likeness (QED) is 0.402. The van der Waals surface area contributed by atoms with Crippen molar-refractivity contribution in [1.82, 2.24) is 4.90 Å². The molecule has 1 saturated heterocycles. The van der Waals surface area contributed by atoms with E-state index in [1.165, 1.54) is 22.3 Å². The van der Waals surface area contributed by atoms with Crippen LogP contribution in [0.3, 0.4) is 0 Å². The highest BCUT2D eigenvalue weighted by molar-refractivity contribution is 7.09. The van der Waals surface area contributed by atoms with E-state index < -0.39 is 17.8 Å². The van der Waals surface area contributed by atoms with Gasteiger partial charge in [0.05, 0.1) is 18.4 Å². The molecular weight excluding hydrogens is 462 g/mol. The zero-order valence-corrected chi connectivity index (χ0v) is 19.9. The smallest absolute Gasteiger partial charge is 0.234 e. The number of ketones is 2. The summed E-state index contributed by atoms with van der Waals surface area (Å²) in [6.07, 6.45) is 4.11. The molecule has 2 aromatic rings. The summed E-state index contributed by atoms with van der Waals surface area (Å²) in [6, 6.07) is 10.5. The van der Waals surface area contributed by atoms with Gasteiger partial charge in [-0.1, -0.05) is 29.8 Å². The van der Waals surface area contributed by atoms with Gasteiger partial charge < -0.3 is 5.11 Å². The van der Waals surface area contributed by atoms with Crippen LogP contribution >= 0.6 is 11.3 Å². The lowest BCUT2D eigenvalue weighted by Crippen LogP contribution is -2.39. The zero-order chi connectivity index (χ0) is 24.4. The Balaban J connectivity index is 1.45. The van der Waals surface area contributed by atoms with Gasteiger partial charge in [0.1, 0.15) is 5.75 Å². The van der Waals surface area contributed by atoms with Crippen molar-refractivity contribution < 1.29 is 24.3 Å². The number of hydrogen-bond acceptors (Lipinski definition) is 6. The molecule has 35 heavy (non-hydrogen) atoms. The number of imide groups is 1. The number of rotatable bonds is 3. The minimum Gasteiger partial charge on any atom is -0.508 e. The largest absolute Gasteiger partial charge is 0.508 e. The summed E-state index contributed by atoms with van der Waals surface area (Å²) < 4.78 is 0. The molecule has 3 aliphatic carbocycles. The number of carbonyl (C=O) groups excluding carboxylic acids is 4. The Labute approximate surface area is 206 Å². The standard InChI is InChI=1S/C28H23NO5S/c1-14-11-22(31)25-21(26(14)32)12-20-18(23(25)15-4-6-16(30)7-5-15)8-9-19-24(20)28(34)29(27(19)33)13-17-3-2-10-35-17/h2-8,10-11,19-20,23-24,30H,9,12-13H2,1H3/t19-,20+,23-,24-/m0/s1. The van der Waals surface area contributed by atoms with Crippen LogP contribution in [-0.2, 0) is 25.7 Å². The van der Waals surface area contributed by atoms with Crippen LogP contribution in [0.2, 0.25) is 0 Å². The molecule has 1 aromatic heterocycles. The summed E-state index contributed by atoms with van der Waals surface area (Å²) in [6.45, 7) is 1.90. The van der Waals surface area contributed by atoms with Crippen molar-refractivity contribution in [2.45, 2.75) is 32.2 Å². The summed E-state index contributed by atoms with van der Waals surface area (Å²) in [7, 11) is 0. The van der Waals surface area contributed by atoms with Gasteiger partial charge in [-0.3, -0.25) is 24.1 Å². The number of likely N-dealkylation sites (tertiary alicyclic amines) is 1. The maximum atomic E-state index is 13.7. The van der Waals surface area contributed by atoms with Crippen molar-refractivity contribution in [3.05, 3.63) is 86.7 Å². The van der Waals surface area contributed by atoms with Gasteiger partial charge in [-0.15, -0.1) is 11.3 Å². The van der Waals surface area contributed by atoms with Gasteiger partial charge in [0.2, 0.25) is 11.8 Å². The van der Waals surface area contributed by atoms with Gasteiger partial charge in [0, 0.05) is 27.5 Å². The topological polar surface area (TPSA) is 91.8 Å². The van der Waals surface area contributed by atoms with Gasteiger partial charge >= 0.3 is 0 Å². The number of nitrogens with zero attached hydrogens (tertiary/aromatic N) is 1. The van der Waals surface area contributed by atoms with Crippen molar-refractivity contribution in [2.75, 3.05) is 0 Å². The summed E-state index contributed by atoms with van der Waals surface area (Å²) in [5, 5.41) is 11.7. The van der Waals surface area contributed by atoms with Gasteiger partial charge in [-0.25, -0.2) is 0 Å². The number of carbonyl (C=O) groups is 4. The van der Waals surface area contributed by atoms with Crippen molar-refractivity contribution >= 4 is 34.7 Å². The van der Waals surface area contributed by atoms with Crippen LogP contribution in [0.15, 0.2) is 76.2 Å². The first-order valence-electron chi connectivity index (χ1n) is 11.7. The van der Waals surface area contributed by atoms with E-state index in [1.54, 1.807) is 31.2 Å². The van der Waals surface area contributed by atoms with Gasteiger partial charge in [0.25, 0.3) is 0 Å². The van der Waals surface area contributed by atoms with Crippen molar-refractivity contribution in [1.29, 1.82) is 0 Å². The highest BCUT2D eigenvalue weighted by Gasteiger charge is 2.56. The zero-order valence-electron chi connectivity index (χ0n) is 19.1. The van der Waals surface area contributed by atoms with Crippen molar-refractivity contribution in [3.63, 3.8) is 0 Å². The Morgan fingerprint density at radius 1 is 1.03 bits per heavy atom. The second kappa shape index (κ2) is 7.99. The highest BCUT2D eigenvalue weighted by Crippen LogP contribution is 2.55. The Morgan fingerprint density at radius 3 is 2.51 bits per heavy atom. The number of aromatic hydroxyl groups is 1. The van der Waals surface area contributed by atoms with E-state index in [9.17, 15) is 24.3 Å². The molecule has 0 saturated carbocycles. The molecule has 7 heteroatoms. The molecule has 2 amide bonds. The lowest BCUT2D eigenvalue weighted by molar-refractivity contribution is -0.140. The van der Waals surface area contributed by atoms with Crippen molar-refractivity contribution in [3.8, 4) is 5.75 Å². The first kappa shape index (κ1) is 21.9. The molecule has 0 unspecified atom stereocenters. The predicted molar refractivity (Wildman–Crippen MR) is 129 cm³/mol. The third-order valence-corrected chi connectivity index (χ3v) is 8.64. The number of phenols is 1. The summed E-state index contributed by atoms with van der Waals surface area (Å²) in [4.78, 5) is 55.7. The molecule has 0 spiro atoms. The Morgan fingerprint density at radius 2 is 1.80 bits per heavy atom. The fourth-order valence-corrected chi connectivity index (χ4v) is 6.90. The van der Waals surface area contributed by atoms with Crippen LogP contribution in [-0.4, -0.2) is 33.4 Å². The molecule has 1 fully saturated rings. The van der Waals surface area contributed by atoms with E-state index >= 15 is 0 Å². The first-order chi connectivity index (χ1) is 16.8. The normalized spacial score (nSPS) is 28.0. The molecule has 176 valence electrons.